The molecule has 3 aromatic rings. The molecule has 1 aliphatic carbocycles. The van der Waals surface area contributed by atoms with Crippen molar-refractivity contribution in [1.82, 2.24) is 24.9 Å². The minimum Gasteiger partial charge on any atom is -0.356 e. The minimum absolute atomic E-state index is 0.00138. The number of benzene rings is 1. The van der Waals surface area contributed by atoms with E-state index in [0.717, 1.165) is 12.4 Å². The van der Waals surface area contributed by atoms with E-state index >= 15 is 0 Å². The monoisotopic (exact) mass is 672 g/mol. The van der Waals surface area contributed by atoms with Crippen LogP contribution in [0.5, 0.6) is 5.88 Å². The summed E-state index contributed by atoms with van der Waals surface area (Å²) in [6, 6.07) is 3.32. The van der Waals surface area contributed by atoms with Gasteiger partial charge >= 0.3 is 33.6 Å². The molecule has 4 rings (SSSR count). The van der Waals surface area contributed by atoms with Crippen LogP contribution >= 0.6 is 11.6 Å². The summed E-state index contributed by atoms with van der Waals surface area (Å²) in [6.45, 7) is 0. The number of halogens is 11. The standard InChI is InChI=1S/C21H15ClF10N6O4S/c1-37-17(14(18(23,24)25)16(36-37)42-43(40,41)19(26,20(27,28)29)21(30,31)32)38-7-9(6-34-38)8-2-3-11(22)10(4-8)15(39)35-13-5-12(13)33/h2-4,6-7,12-13H,5,33H2,1H3,(H,35,39)/t12-,13-/m0/s1. The molecule has 2 aromatic heterocycles. The molecular formula is C21H15ClF10N6O4S. The van der Waals surface area contributed by atoms with Crippen LogP contribution < -0.4 is 15.2 Å². The van der Waals surface area contributed by atoms with Crippen LogP contribution in [0, 0.1) is 0 Å². The van der Waals surface area contributed by atoms with Gasteiger partial charge in [0.05, 0.1) is 16.8 Å². The molecule has 2 heterocycles. The van der Waals surface area contributed by atoms with Crippen molar-refractivity contribution in [1.29, 1.82) is 0 Å². The number of hydrogen-bond donors (Lipinski definition) is 2. The van der Waals surface area contributed by atoms with Gasteiger partial charge in [-0.1, -0.05) is 17.7 Å². The lowest BCUT2D eigenvalue weighted by Crippen LogP contribution is -2.60. The first-order chi connectivity index (χ1) is 19.5. The Kier molecular flexibility index (Phi) is 7.71. The van der Waals surface area contributed by atoms with Gasteiger partial charge in [0.2, 0.25) is 0 Å². The SMILES string of the molecule is Cn1nc(OS(=O)(=O)C(F)(C(F)(F)F)C(F)(F)F)c(C(F)(F)F)c1-n1cc(-c2ccc(Cl)c(C(=O)N[C@H]3C[C@@H]3N)c2)cn1. The second-order valence-electron chi connectivity index (χ2n) is 9.10. The van der Waals surface area contributed by atoms with E-state index in [1.165, 1.54) is 18.2 Å². The number of aromatic nitrogens is 4. The second kappa shape index (κ2) is 10.3. The molecule has 1 aliphatic rings. The number of nitrogens with one attached hydrogen (secondary N) is 1. The molecule has 0 unspecified atom stereocenters. The number of carbonyl (C=O) groups excluding carboxylic acids is 1. The van der Waals surface area contributed by atoms with Crippen molar-refractivity contribution in [3.63, 3.8) is 0 Å². The molecule has 0 spiro atoms. The summed E-state index contributed by atoms with van der Waals surface area (Å²) in [6.07, 6.45) is -17.8. The second-order valence-corrected chi connectivity index (χ2v) is 11.1. The molecule has 236 valence electrons. The van der Waals surface area contributed by atoms with E-state index in [-0.39, 0.29) is 38.5 Å². The summed E-state index contributed by atoms with van der Waals surface area (Å²) < 4.78 is 162. The van der Waals surface area contributed by atoms with Crippen molar-refractivity contribution in [3.8, 4) is 22.8 Å². The van der Waals surface area contributed by atoms with E-state index in [0.29, 0.717) is 18.2 Å². The maximum atomic E-state index is 14.2. The number of hydrogen-bond acceptors (Lipinski definition) is 7. The third-order valence-electron chi connectivity index (χ3n) is 6.03. The van der Waals surface area contributed by atoms with Gasteiger partial charge in [-0.3, -0.25) is 4.79 Å². The van der Waals surface area contributed by atoms with Crippen LogP contribution in [0.25, 0.3) is 16.9 Å². The van der Waals surface area contributed by atoms with Crippen LogP contribution in [0.15, 0.2) is 30.6 Å². The fourth-order valence-corrected chi connectivity index (χ4v) is 4.97. The molecule has 43 heavy (non-hydrogen) atoms. The molecule has 0 aliphatic heterocycles. The third-order valence-corrected chi connectivity index (χ3v) is 7.89. The Hall–Kier alpha value is -3.59. The molecule has 1 fully saturated rings. The van der Waals surface area contributed by atoms with Crippen molar-refractivity contribution in [2.24, 2.45) is 12.8 Å². The molecule has 10 nitrogen and oxygen atoms in total. The number of carbonyl (C=O) groups is 1. The number of amides is 1. The molecule has 0 saturated heterocycles. The van der Waals surface area contributed by atoms with Gasteiger partial charge in [0.1, 0.15) is 0 Å². The van der Waals surface area contributed by atoms with Gasteiger partial charge in [-0.15, -0.1) is 5.10 Å². The first-order valence-corrected chi connectivity index (χ1v) is 13.1. The summed E-state index contributed by atoms with van der Waals surface area (Å²) in [7, 11) is -6.91. The van der Waals surface area contributed by atoms with Gasteiger partial charge in [-0.05, 0) is 24.1 Å². The summed E-state index contributed by atoms with van der Waals surface area (Å²) in [4.78, 5) is 12.5. The van der Waals surface area contributed by atoms with Crippen LogP contribution in [0.2, 0.25) is 5.02 Å². The van der Waals surface area contributed by atoms with Crippen molar-refractivity contribution < 1.29 is 61.3 Å². The largest absolute Gasteiger partial charge is 0.450 e. The zero-order valence-electron chi connectivity index (χ0n) is 20.8. The maximum absolute atomic E-state index is 14.2. The number of rotatable bonds is 7. The van der Waals surface area contributed by atoms with Crippen molar-refractivity contribution in [3.05, 3.63) is 46.7 Å². The van der Waals surface area contributed by atoms with Gasteiger partial charge in [-0.2, -0.15) is 53.0 Å². The Morgan fingerprint density at radius 2 is 1.65 bits per heavy atom. The van der Waals surface area contributed by atoms with E-state index in [1.807, 2.05) is 0 Å². The van der Waals surface area contributed by atoms with Crippen molar-refractivity contribution in [2.75, 3.05) is 0 Å². The van der Waals surface area contributed by atoms with Gasteiger partial charge in [0.15, 0.2) is 11.4 Å². The maximum Gasteiger partial charge on any atom is 0.450 e. The highest BCUT2D eigenvalue weighted by Crippen LogP contribution is 2.51. The first kappa shape index (κ1) is 32.3. The molecule has 0 radical (unpaired) electrons. The fraction of sp³-hybridized carbons (Fsp3) is 0.381. The number of alkyl halides is 10. The first-order valence-electron chi connectivity index (χ1n) is 11.3. The highest BCUT2D eigenvalue weighted by atomic mass is 35.5. The van der Waals surface area contributed by atoms with E-state index in [9.17, 15) is 57.1 Å². The normalized spacial score (nSPS) is 18.1. The summed E-state index contributed by atoms with van der Waals surface area (Å²) >= 11 is 6.08. The molecule has 0 bridgehead atoms. The molecule has 1 aromatic carbocycles. The quantitative estimate of drug-likeness (QED) is 0.283. The van der Waals surface area contributed by atoms with Crippen LogP contribution in [-0.2, 0) is 23.3 Å². The Bertz CT molecular complexity index is 1670. The zero-order chi connectivity index (χ0) is 32.5. The Morgan fingerprint density at radius 3 is 2.16 bits per heavy atom. The van der Waals surface area contributed by atoms with Gasteiger partial charge in [-0.25, -0.2) is 13.8 Å². The smallest absolute Gasteiger partial charge is 0.356 e. The van der Waals surface area contributed by atoms with Crippen LogP contribution in [0.3, 0.4) is 0 Å². The van der Waals surface area contributed by atoms with E-state index < -0.39 is 56.8 Å². The average molecular weight is 673 g/mol. The Labute approximate surface area is 238 Å². The highest BCUT2D eigenvalue weighted by Gasteiger charge is 2.82. The van der Waals surface area contributed by atoms with Gasteiger partial charge < -0.3 is 15.2 Å². The van der Waals surface area contributed by atoms with Crippen LogP contribution in [0.4, 0.5) is 43.9 Å². The molecule has 22 heteroatoms. The topological polar surface area (TPSA) is 134 Å². The lowest BCUT2D eigenvalue weighted by atomic mass is 10.1. The number of aryl methyl sites for hydroxylation is 1. The van der Waals surface area contributed by atoms with Crippen molar-refractivity contribution >= 4 is 27.6 Å². The lowest BCUT2D eigenvalue weighted by Gasteiger charge is -2.28. The highest BCUT2D eigenvalue weighted by molar-refractivity contribution is 7.88. The Balaban J connectivity index is 1.76. The van der Waals surface area contributed by atoms with E-state index in [2.05, 4.69) is 19.7 Å². The summed E-state index contributed by atoms with van der Waals surface area (Å²) in [5.41, 5.74) is 3.47. The van der Waals surface area contributed by atoms with E-state index in [1.54, 1.807) is 0 Å². The van der Waals surface area contributed by atoms with E-state index in [4.69, 9.17) is 17.3 Å². The van der Waals surface area contributed by atoms with Gasteiger partial charge in [0.25, 0.3) is 11.8 Å². The predicted molar refractivity (Wildman–Crippen MR) is 125 cm³/mol. The molecule has 1 amide bonds. The lowest BCUT2D eigenvalue weighted by molar-refractivity contribution is -0.307. The summed E-state index contributed by atoms with van der Waals surface area (Å²) in [5, 5.41) is 2.11. The number of nitrogens with two attached hydrogens (primary N) is 1. The van der Waals surface area contributed by atoms with Crippen molar-refractivity contribution in [2.45, 2.75) is 42.0 Å². The zero-order valence-corrected chi connectivity index (χ0v) is 22.4. The molecular weight excluding hydrogens is 658 g/mol. The molecule has 3 N–H and O–H groups in total. The fourth-order valence-electron chi connectivity index (χ4n) is 3.76. The Morgan fingerprint density at radius 1 is 1.07 bits per heavy atom. The molecule has 1 saturated carbocycles. The number of nitrogens with zero attached hydrogens (tertiary/aromatic N) is 4. The minimum atomic E-state index is -7.60. The van der Waals surface area contributed by atoms with Crippen LogP contribution in [-0.4, -0.2) is 63.3 Å². The van der Waals surface area contributed by atoms with Crippen LogP contribution in [0.1, 0.15) is 22.3 Å². The van der Waals surface area contributed by atoms with Gasteiger partial charge in [0, 0.05) is 30.9 Å². The average Bonchev–Trinajstić information content (AvgIpc) is 3.21. The molecule has 2 atom stereocenters. The predicted octanol–water partition coefficient (Wildman–Crippen LogP) is 4.27. The summed E-state index contributed by atoms with van der Waals surface area (Å²) in [5.74, 6) is -4.21. The third kappa shape index (κ3) is 5.71.